The Morgan fingerprint density at radius 3 is 2.76 bits per heavy atom. The zero-order valence-electron chi connectivity index (χ0n) is 13.6. The van der Waals surface area contributed by atoms with Crippen LogP contribution in [0, 0.1) is 0 Å². The molecular formula is C20H18N2O2S. The van der Waals surface area contributed by atoms with Crippen LogP contribution in [0.4, 0.5) is 0 Å². The van der Waals surface area contributed by atoms with Crippen molar-refractivity contribution in [2.75, 3.05) is 6.54 Å². The molecule has 0 bridgehead atoms. The highest BCUT2D eigenvalue weighted by molar-refractivity contribution is 7.13. The number of aliphatic hydroxyl groups is 1. The summed E-state index contributed by atoms with van der Waals surface area (Å²) in [4.78, 5) is 16.8. The second-order valence-electron chi connectivity index (χ2n) is 6.28. The van der Waals surface area contributed by atoms with Gasteiger partial charge in [-0.1, -0.05) is 54.6 Å². The summed E-state index contributed by atoms with van der Waals surface area (Å²) in [5.41, 5.74) is 2.45. The van der Waals surface area contributed by atoms with Gasteiger partial charge in [0, 0.05) is 10.9 Å². The summed E-state index contributed by atoms with van der Waals surface area (Å²) in [5.74, 6) is -0.253. The number of nitrogens with zero attached hydrogens (tertiary/aromatic N) is 1. The van der Waals surface area contributed by atoms with E-state index in [1.165, 1.54) is 11.3 Å². The Labute approximate surface area is 150 Å². The number of carbonyl (C=O) groups excluding carboxylic acids is 1. The molecule has 2 N–H and O–H groups in total. The quantitative estimate of drug-likeness (QED) is 0.758. The first kappa shape index (κ1) is 16.0. The van der Waals surface area contributed by atoms with Crippen LogP contribution >= 0.6 is 11.3 Å². The fourth-order valence-corrected chi connectivity index (χ4v) is 4.07. The minimum absolute atomic E-state index is 0.195. The molecule has 0 saturated carbocycles. The van der Waals surface area contributed by atoms with Gasteiger partial charge in [0.05, 0.1) is 6.54 Å². The van der Waals surface area contributed by atoms with Gasteiger partial charge in [-0.15, -0.1) is 11.3 Å². The molecule has 5 heteroatoms. The Bertz CT molecular complexity index is 907. The van der Waals surface area contributed by atoms with Crippen molar-refractivity contribution < 1.29 is 9.90 Å². The molecule has 1 unspecified atom stereocenters. The summed E-state index contributed by atoms with van der Waals surface area (Å²) in [6.45, 7) is 0.195. The fraction of sp³-hybridized carbons (Fsp3) is 0.200. The molecule has 0 aliphatic heterocycles. The second-order valence-corrected chi connectivity index (χ2v) is 7.13. The van der Waals surface area contributed by atoms with E-state index >= 15 is 0 Å². The predicted molar refractivity (Wildman–Crippen MR) is 98.5 cm³/mol. The lowest BCUT2D eigenvalue weighted by atomic mass is 9.96. The third-order valence-corrected chi connectivity index (χ3v) is 5.52. The van der Waals surface area contributed by atoms with Crippen LogP contribution in [0.1, 0.15) is 28.0 Å². The van der Waals surface area contributed by atoms with E-state index in [2.05, 4.69) is 10.3 Å². The van der Waals surface area contributed by atoms with E-state index in [1.54, 1.807) is 5.38 Å². The fourth-order valence-electron chi connectivity index (χ4n) is 3.26. The third kappa shape index (κ3) is 3.08. The minimum atomic E-state index is -0.996. The van der Waals surface area contributed by atoms with Gasteiger partial charge in [-0.05, 0) is 24.0 Å². The van der Waals surface area contributed by atoms with Gasteiger partial charge in [0.1, 0.15) is 16.3 Å². The Morgan fingerprint density at radius 1 is 1.16 bits per heavy atom. The van der Waals surface area contributed by atoms with E-state index in [9.17, 15) is 9.90 Å². The van der Waals surface area contributed by atoms with Crippen molar-refractivity contribution in [3.63, 3.8) is 0 Å². The van der Waals surface area contributed by atoms with Crippen LogP contribution in [-0.2, 0) is 12.0 Å². The molecule has 4 nitrogen and oxygen atoms in total. The summed E-state index contributed by atoms with van der Waals surface area (Å²) >= 11 is 1.44. The maximum Gasteiger partial charge on any atom is 0.270 e. The normalized spacial score (nSPS) is 18.8. The average Bonchev–Trinajstić information content (AvgIpc) is 3.27. The summed E-state index contributed by atoms with van der Waals surface area (Å²) in [6.07, 6.45) is 1.45. The molecule has 4 rings (SSSR count). The Balaban J connectivity index is 1.46. The van der Waals surface area contributed by atoms with E-state index in [1.807, 2.05) is 54.6 Å². The number of benzene rings is 2. The maximum atomic E-state index is 12.4. The number of nitrogens with one attached hydrogen (secondary N) is 1. The van der Waals surface area contributed by atoms with E-state index in [-0.39, 0.29) is 12.5 Å². The molecule has 126 valence electrons. The Morgan fingerprint density at radius 2 is 1.92 bits per heavy atom. The SMILES string of the molecule is O=C(NCC1(O)CCc2ccccc21)c1csc(-c2ccccc2)n1. The van der Waals surface area contributed by atoms with Gasteiger partial charge in [-0.25, -0.2) is 4.98 Å². The average molecular weight is 350 g/mol. The van der Waals surface area contributed by atoms with Crippen LogP contribution in [0.2, 0.25) is 0 Å². The van der Waals surface area contributed by atoms with Crippen molar-refractivity contribution in [3.05, 3.63) is 76.8 Å². The van der Waals surface area contributed by atoms with Crippen LogP contribution in [-0.4, -0.2) is 22.5 Å². The van der Waals surface area contributed by atoms with Gasteiger partial charge >= 0.3 is 0 Å². The monoisotopic (exact) mass is 350 g/mol. The molecule has 2 aromatic carbocycles. The molecule has 0 saturated heterocycles. The third-order valence-electron chi connectivity index (χ3n) is 4.63. The lowest BCUT2D eigenvalue weighted by molar-refractivity contribution is 0.0369. The number of fused-ring (bicyclic) bond motifs is 1. The van der Waals surface area contributed by atoms with Gasteiger partial charge in [0.2, 0.25) is 0 Å². The molecule has 3 aromatic rings. The zero-order valence-corrected chi connectivity index (χ0v) is 14.4. The van der Waals surface area contributed by atoms with Gasteiger partial charge in [-0.2, -0.15) is 0 Å². The number of thiazole rings is 1. The number of carbonyl (C=O) groups is 1. The highest BCUT2D eigenvalue weighted by Gasteiger charge is 2.36. The Kier molecular flexibility index (Phi) is 4.11. The number of aromatic nitrogens is 1. The number of hydrogen-bond acceptors (Lipinski definition) is 4. The molecule has 25 heavy (non-hydrogen) atoms. The molecule has 1 atom stereocenters. The summed E-state index contributed by atoms with van der Waals surface area (Å²) in [6, 6.07) is 17.6. The van der Waals surface area contributed by atoms with Gasteiger partial charge in [0.15, 0.2) is 0 Å². The molecular weight excluding hydrogens is 332 g/mol. The highest BCUT2D eigenvalue weighted by Crippen LogP contribution is 2.36. The largest absolute Gasteiger partial charge is 0.383 e. The molecule has 1 aromatic heterocycles. The topological polar surface area (TPSA) is 62.2 Å². The lowest BCUT2D eigenvalue weighted by Gasteiger charge is -2.24. The smallest absolute Gasteiger partial charge is 0.270 e. The number of rotatable bonds is 4. The van der Waals surface area contributed by atoms with Crippen LogP contribution in [0.5, 0.6) is 0 Å². The molecule has 1 heterocycles. The van der Waals surface area contributed by atoms with Crippen molar-refractivity contribution in [2.24, 2.45) is 0 Å². The molecule has 1 aliphatic carbocycles. The first-order valence-electron chi connectivity index (χ1n) is 8.26. The summed E-state index contributed by atoms with van der Waals surface area (Å²) in [7, 11) is 0. The van der Waals surface area contributed by atoms with E-state index in [0.717, 1.165) is 28.1 Å². The molecule has 1 aliphatic rings. The van der Waals surface area contributed by atoms with Crippen LogP contribution in [0.3, 0.4) is 0 Å². The van der Waals surface area contributed by atoms with Crippen molar-refractivity contribution in [1.82, 2.24) is 10.3 Å². The van der Waals surface area contributed by atoms with Crippen molar-refractivity contribution in [2.45, 2.75) is 18.4 Å². The Hall–Kier alpha value is -2.50. The standard InChI is InChI=1S/C20H18N2O2S/c23-18(17-12-25-19(22-17)15-7-2-1-3-8-15)21-13-20(24)11-10-14-6-4-5-9-16(14)20/h1-9,12,24H,10-11,13H2,(H,21,23). The number of hydrogen-bond donors (Lipinski definition) is 2. The molecule has 0 spiro atoms. The van der Waals surface area contributed by atoms with Crippen molar-refractivity contribution in [3.8, 4) is 10.6 Å². The maximum absolute atomic E-state index is 12.4. The van der Waals surface area contributed by atoms with E-state index in [4.69, 9.17) is 0 Å². The summed E-state index contributed by atoms with van der Waals surface area (Å²) in [5, 5.41) is 16.3. The van der Waals surface area contributed by atoms with E-state index < -0.39 is 5.60 Å². The summed E-state index contributed by atoms with van der Waals surface area (Å²) < 4.78 is 0. The van der Waals surface area contributed by atoms with Crippen molar-refractivity contribution in [1.29, 1.82) is 0 Å². The first-order chi connectivity index (χ1) is 12.2. The van der Waals surface area contributed by atoms with E-state index in [0.29, 0.717) is 12.1 Å². The predicted octanol–water partition coefficient (Wildman–Crippen LogP) is 3.37. The number of aryl methyl sites for hydroxylation is 1. The van der Waals surface area contributed by atoms with Gasteiger partial charge in [0.25, 0.3) is 5.91 Å². The zero-order chi connectivity index (χ0) is 17.3. The molecule has 0 radical (unpaired) electrons. The molecule has 1 amide bonds. The minimum Gasteiger partial charge on any atom is -0.383 e. The highest BCUT2D eigenvalue weighted by atomic mass is 32.1. The second kappa shape index (κ2) is 6.43. The lowest BCUT2D eigenvalue weighted by Crippen LogP contribution is -2.39. The van der Waals surface area contributed by atoms with Crippen LogP contribution in [0.15, 0.2) is 60.0 Å². The van der Waals surface area contributed by atoms with Gasteiger partial charge < -0.3 is 10.4 Å². The van der Waals surface area contributed by atoms with Crippen LogP contribution in [0.25, 0.3) is 10.6 Å². The van der Waals surface area contributed by atoms with Crippen molar-refractivity contribution >= 4 is 17.2 Å². The first-order valence-corrected chi connectivity index (χ1v) is 9.14. The van der Waals surface area contributed by atoms with Gasteiger partial charge in [-0.3, -0.25) is 4.79 Å². The number of amides is 1. The van der Waals surface area contributed by atoms with Crippen LogP contribution < -0.4 is 5.32 Å². The molecule has 0 fully saturated rings.